The molecule has 0 radical (unpaired) electrons. The summed E-state index contributed by atoms with van der Waals surface area (Å²) in [5.41, 5.74) is 0. The quantitative estimate of drug-likeness (QED) is 0.0417. The maximum absolute atomic E-state index is 12.5. The normalized spacial score (nSPS) is 12.5. The molecule has 3 N–H and O–H groups in total. The first kappa shape index (κ1) is 67.9. The van der Waals surface area contributed by atoms with E-state index in [2.05, 4.69) is 19.2 Å². The van der Waals surface area contributed by atoms with E-state index in [0.717, 1.165) is 38.5 Å². The molecule has 0 fully saturated rings. The number of ether oxygens (including phenoxy) is 1. The van der Waals surface area contributed by atoms with Crippen LogP contribution in [0.5, 0.6) is 0 Å². The van der Waals surface area contributed by atoms with E-state index in [-0.39, 0.29) is 18.5 Å². The summed E-state index contributed by atoms with van der Waals surface area (Å²) in [5, 5.41) is 23.2. The van der Waals surface area contributed by atoms with Crippen molar-refractivity contribution < 1.29 is 24.5 Å². The van der Waals surface area contributed by atoms with Gasteiger partial charge in [-0.25, -0.2) is 0 Å². The molecule has 69 heavy (non-hydrogen) atoms. The van der Waals surface area contributed by atoms with E-state index in [0.29, 0.717) is 25.9 Å². The molecule has 0 saturated heterocycles. The molecule has 0 spiro atoms. The molecule has 1 amide bonds. The third-order valence-electron chi connectivity index (χ3n) is 15.2. The fraction of sp³-hybridized carbons (Fsp3) is 0.968. The predicted molar refractivity (Wildman–Crippen MR) is 301 cm³/mol. The third-order valence-corrected chi connectivity index (χ3v) is 15.2. The first-order valence-corrected chi connectivity index (χ1v) is 31.8. The Morgan fingerprint density at radius 2 is 0.594 bits per heavy atom. The van der Waals surface area contributed by atoms with Crippen molar-refractivity contribution in [2.45, 2.75) is 379 Å². The summed E-state index contributed by atoms with van der Waals surface area (Å²) in [5.74, 6) is -0.0105. The van der Waals surface area contributed by atoms with Crippen LogP contribution in [0, 0.1) is 0 Å². The average molecular weight is 977 g/mol. The fourth-order valence-corrected chi connectivity index (χ4v) is 10.3. The Morgan fingerprint density at radius 3 is 0.884 bits per heavy atom. The van der Waals surface area contributed by atoms with Gasteiger partial charge in [-0.3, -0.25) is 9.59 Å². The first-order valence-electron chi connectivity index (χ1n) is 31.8. The lowest BCUT2D eigenvalue weighted by atomic mass is 10.0. The Morgan fingerprint density at radius 1 is 0.348 bits per heavy atom. The van der Waals surface area contributed by atoms with Crippen molar-refractivity contribution in [1.82, 2.24) is 5.32 Å². The van der Waals surface area contributed by atoms with Crippen LogP contribution < -0.4 is 5.32 Å². The highest BCUT2D eigenvalue weighted by atomic mass is 16.5. The van der Waals surface area contributed by atoms with Gasteiger partial charge in [0.2, 0.25) is 5.91 Å². The lowest BCUT2D eigenvalue weighted by molar-refractivity contribution is -0.143. The minimum absolute atomic E-state index is 0.0204. The number of unbranched alkanes of at least 4 members (excludes halogenated alkanes) is 49. The second-order valence-electron chi connectivity index (χ2n) is 22.1. The number of hydrogen-bond donors (Lipinski definition) is 3. The van der Waals surface area contributed by atoms with Gasteiger partial charge < -0.3 is 20.3 Å². The standard InChI is InChI=1S/C63H125NO5/c1-3-5-7-9-11-13-15-17-33-37-41-45-49-53-57-63(68)69-58-54-50-46-42-38-34-31-29-27-25-23-21-19-18-20-22-24-26-28-30-32-36-40-44-48-52-56-62(67)64-60(59-65)61(66)55-51-47-43-39-35-16-14-12-10-8-6-4-2/h60-61,65-66H,3-59H2,1-2H3,(H,64,67). The molecule has 0 bridgehead atoms. The molecule has 0 heterocycles. The molecular weight excluding hydrogens is 851 g/mol. The molecular formula is C63H125NO5. The Kier molecular flexibility index (Phi) is 58.4. The zero-order valence-electron chi connectivity index (χ0n) is 47.1. The highest BCUT2D eigenvalue weighted by Gasteiger charge is 2.20. The van der Waals surface area contributed by atoms with Gasteiger partial charge in [0.25, 0.3) is 0 Å². The highest BCUT2D eigenvalue weighted by molar-refractivity contribution is 5.76. The largest absolute Gasteiger partial charge is 0.466 e. The number of hydrogen-bond acceptors (Lipinski definition) is 5. The molecule has 2 unspecified atom stereocenters. The number of esters is 1. The van der Waals surface area contributed by atoms with Crippen LogP contribution in [0.1, 0.15) is 367 Å². The van der Waals surface area contributed by atoms with Gasteiger partial charge in [0.15, 0.2) is 0 Å². The van der Waals surface area contributed by atoms with E-state index in [1.807, 2.05) is 0 Å². The smallest absolute Gasteiger partial charge is 0.305 e. The van der Waals surface area contributed by atoms with Crippen LogP contribution in [0.3, 0.4) is 0 Å². The van der Waals surface area contributed by atoms with Gasteiger partial charge in [0.05, 0.1) is 25.4 Å². The molecule has 0 aromatic rings. The minimum Gasteiger partial charge on any atom is -0.466 e. The molecule has 0 rings (SSSR count). The number of amides is 1. The van der Waals surface area contributed by atoms with E-state index in [9.17, 15) is 19.8 Å². The molecule has 0 aliphatic rings. The van der Waals surface area contributed by atoms with Crippen molar-refractivity contribution in [2.24, 2.45) is 0 Å². The number of carbonyl (C=O) groups is 2. The lowest BCUT2D eigenvalue weighted by Gasteiger charge is -2.22. The van der Waals surface area contributed by atoms with E-state index < -0.39 is 12.1 Å². The molecule has 412 valence electrons. The van der Waals surface area contributed by atoms with E-state index in [1.165, 1.54) is 295 Å². The van der Waals surface area contributed by atoms with Crippen LogP contribution in [0.4, 0.5) is 0 Å². The van der Waals surface area contributed by atoms with Crippen molar-refractivity contribution in [3.63, 3.8) is 0 Å². The summed E-state index contributed by atoms with van der Waals surface area (Å²) in [6.07, 6.45) is 69.8. The van der Waals surface area contributed by atoms with Crippen molar-refractivity contribution in [3.8, 4) is 0 Å². The van der Waals surface area contributed by atoms with Gasteiger partial charge in [-0.1, -0.05) is 328 Å². The van der Waals surface area contributed by atoms with Gasteiger partial charge in [-0.15, -0.1) is 0 Å². The molecule has 6 nitrogen and oxygen atoms in total. The summed E-state index contributed by atoms with van der Waals surface area (Å²) < 4.78 is 5.49. The summed E-state index contributed by atoms with van der Waals surface area (Å²) in [6, 6.07) is -0.537. The van der Waals surface area contributed by atoms with E-state index >= 15 is 0 Å². The Bertz CT molecular complexity index is 990. The molecule has 0 aromatic heterocycles. The van der Waals surface area contributed by atoms with Gasteiger partial charge in [-0.2, -0.15) is 0 Å². The Balaban J connectivity index is 3.32. The van der Waals surface area contributed by atoms with Gasteiger partial charge in [0, 0.05) is 12.8 Å². The number of nitrogens with one attached hydrogen (secondary N) is 1. The van der Waals surface area contributed by atoms with E-state index in [4.69, 9.17) is 4.74 Å². The maximum atomic E-state index is 12.5. The van der Waals surface area contributed by atoms with Crippen molar-refractivity contribution in [2.75, 3.05) is 13.2 Å². The summed E-state index contributed by atoms with van der Waals surface area (Å²) in [4.78, 5) is 24.5. The van der Waals surface area contributed by atoms with Gasteiger partial charge >= 0.3 is 5.97 Å². The zero-order chi connectivity index (χ0) is 50.0. The van der Waals surface area contributed by atoms with Crippen molar-refractivity contribution in [3.05, 3.63) is 0 Å². The van der Waals surface area contributed by atoms with Crippen LogP contribution in [0.25, 0.3) is 0 Å². The summed E-state index contributed by atoms with van der Waals surface area (Å²) in [6.45, 7) is 4.98. The van der Waals surface area contributed by atoms with Crippen LogP contribution in [-0.4, -0.2) is 47.4 Å². The number of aliphatic hydroxyl groups is 2. The minimum atomic E-state index is -0.660. The topological polar surface area (TPSA) is 95.9 Å². The fourth-order valence-electron chi connectivity index (χ4n) is 10.3. The van der Waals surface area contributed by atoms with Crippen molar-refractivity contribution in [1.29, 1.82) is 0 Å². The molecule has 2 atom stereocenters. The predicted octanol–water partition coefficient (Wildman–Crippen LogP) is 19.9. The maximum Gasteiger partial charge on any atom is 0.305 e. The zero-order valence-corrected chi connectivity index (χ0v) is 47.1. The van der Waals surface area contributed by atoms with Crippen LogP contribution in [0.15, 0.2) is 0 Å². The monoisotopic (exact) mass is 976 g/mol. The number of carbonyl (C=O) groups excluding carboxylic acids is 2. The molecule has 0 aliphatic heterocycles. The first-order chi connectivity index (χ1) is 34.0. The summed E-state index contributed by atoms with van der Waals surface area (Å²) >= 11 is 0. The Hall–Kier alpha value is -1.14. The van der Waals surface area contributed by atoms with Crippen LogP contribution in [-0.2, 0) is 14.3 Å². The third kappa shape index (κ3) is 56.0. The lowest BCUT2D eigenvalue weighted by Crippen LogP contribution is -2.45. The van der Waals surface area contributed by atoms with Crippen LogP contribution in [0.2, 0.25) is 0 Å². The average Bonchev–Trinajstić information content (AvgIpc) is 3.35. The van der Waals surface area contributed by atoms with Gasteiger partial charge in [-0.05, 0) is 25.7 Å². The molecule has 0 aromatic carbocycles. The van der Waals surface area contributed by atoms with Crippen LogP contribution >= 0.6 is 0 Å². The Labute approximate surface area is 432 Å². The number of aliphatic hydroxyl groups excluding tert-OH is 2. The molecule has 6 heteroatoms. The SMILES string of the molecule is CCCCCCCCCCCCCCCCC(=O)OCCCCCCCCCCCCCCCCCCCCCCCCCCCCC(=O)NC(CO)C(O)CCCCCCCCCCCCCC. The second-order valence-corrected chi connectivity index (χ2v) is 22.1. The van der Waals surface area contributed by atoms with E-state index in [1.54, 1.807) is 0 Å². The molecule has 0 aliphatic carbocycles. The summed E-state index contributed by atoms with van der Waals surface area (Å²) in [7, 11) is 0. The number of rotatable bonds is 60. The second kappa shape index (κ2) is 59.4. The van der Waals surface area contributed by atoms with Crippen molar-refractivity contribution >= 4 is 11.9 Å². The highest BCUT2D eigenvalue weighted by Crippen LogP contribution is 2.19. The molecule has 0 saturated carbocycles. The van der Waals surface area contributed by atoms with Gasteiger partial charge in [0.1, 0.15) is 0 Å².